The zero-order chi connectivity index (χ0) is 23.1. The number of hydrogen-bond acceptors (Lipinski definition) is 8. The molecule has 1 aromatic carbocycles. The van der Waals surface area contributed by atoms with Crippen LogP contribution in [0, 0.1) is 25.6 Å². The highest BCUT2D eigenvalue weighted by Gasteiger charge is 2.33. The standard InChI is InChI=1S/C23H27F2N5O3/c1-12-16-6-15(31-3)7-17(24)21(16)28-22(20(12)23-27-13(2)29-33-23)30-5-4-19(18(25)9-30)26-8-14-10-32-11-14/h6-7,14,18-19,26H,4-5,8-11H2,1-3H3/t18-,19-/m1/s1. The van der Waals surface area contributed by atoms with Gasteiger partial charge >= 0.3 is 0 Å². The molecule has 2 aromatic heterocycles. The second-order valence-electron chi connectivity index (χ2n) is 8.76. The van der Waals surface area contributed by atoms with Crippen LogP contribution in [0.3, 0.4) is 0 Å². The summed E-state index contributed by atoms with van der Waals surface area (Å²) in [5, 5.41) is 7.83. The van der Waals surface area contributed by atoms with Gasteiger partial charge in [0.25, 0.3) is 5.89 Å². The summed E-state index contributed by atoms with van der Waals surface area (Å²) in [6.45, 7) is 6.48. The Kier molecular flexibility index (Phi) is 5.88. The van der Waals surface area contributed by atoms with Gasteiger partial charge in [-0.15, -0.1) is 0 Å². The lowest BCUT2D eigenvalue weighted by Gasteiger charge is -2.38. The lowest BCUT2D eigenvalue weighted by atomic mass is 9.98. The van der Waals surface area contributed by atoms with Crippen molar-refractivity contribution in [1.29, 1.82) is 0 Å². The van der Waals surface area contributed by atoms with Crippen LogP contribution in [0.2, 0.25) is 0 Å². The molecule has 8 nitrogen and oxygen atoms in total. The Hall–Kier alpha value is -2.85. The van der Waals surface area contributed by atoms with E-state index in [-0.39, 0.29) is 24.0 Å². The monoisotopic (exact) mass is 459 g/mol. The van der Waals surface area contributed by atoms with Gasteiger partial charge in [-0.2, -0.15) is 4.98 Å². The first-order valence-electron chi connectivity index (χ1n) is 11.1. The molecule has 2 aliphatic rings. The van der Waals surface area contributed by atoms with Gasteiger partial charge in [-0.25, -0.2) is 13.8 Å². The SMILES string of the molecule is COc1cc(F)c2nc(N3CC[C@@H](NCC4COC4)[C@H](F)C3)c(-c3nc(C)no3)c(C)c2c1. The van der Waals surface area contributed by atoms with Crippen molar-refractivity contribution in [3.05, 3.63) is 29.3 Å². The zero-order valence-corrected chi connectivity index (χ0v) is 18.9. The minimum absolute atomic E-state index is 0.134. The van der Waals surface area contributed by atoms with Crippen molar-refractivity contribution in [2.45, 2.75) is 32.5 Å². The summed E-state index contributed by atoms with van der Waals surface area (Å²) in [6, 6.07) is 2.79. The van der Waals surface area contributed by atoms with Gasteiger partial charge in [0.1, 0.15) is 23.3 Å². The molecule has 2 atom stereocenters. The van der Waals surface area contributed by atoms with E-state index >= 15 is 4.39 Å². The number of nitrogens with zero attached hydrogens (tertiary/aromatic N) is 4. The van der Waals surface area contributed by atoms with E-state index in [0.29, 0.717) is 47.2 Å². The Morgan fingerprint density at radius 3 is 2.70 bits per heavy atom. The molecule has 33 heavy (non-hydrogen) atoms. The normalized spacial score (nSPS) is 21.4. The number of aryl methyl sites for hydroxylation is 2. The van der Waals surface area contributed by atoms with Gasteiger partial charge in [0.2, 0.25) is 0 Å². The van der Waals surface area contributed by atoms with E-state index < -0.39 is 12.0 Å². The maximum absolute atomic E-state index is 15.2. The van der Waals surface area contributed by atoms with Crippen LogP contribution in [0.4, 0.5) is 14.6 Å². The van der Waals surface area contributed by atoms with Crippen LogP contribution in [-0.4, -0.2) is 67.3 Å². The molecule has 176 valence electrons. The number of piperidine rings is 1. The molecule has 1 N–H and O–H groups in total. The van der Waals surface area contributed by atoms with E-state index in [0.717, 1.165) is 25.3 Å². The largest absolute Gasteiger partial charge is 0.497 e. The highest BCUT2D eigenvalue weighted by atomic mass is 19.1. The van der Waals surface area contributed by atoms with Crippen LogP contribution < -0.4 is 15.0 Å². The molecule has 2 fully saturated rings. The van der Waals surface area contributed by atoms with Crippen LogP contribution in [0.1, 0.15) is 17.8 Å². The number of ether oxygens (including phenoxy) is 2. The van der Waals surface area contributed by atoms with Gasteiger partial charge in [0, 0.05) is 36.5 Å². The van der Waals surface area contributed by atoms with E-state index in [9.17, 15) is 4.39 Å². The van der Waals surface area contributed by atoms with E-state index in [1.54, 1.807) is 13.0 Å². The lowest BCUT2D eigenvalue weighted by Crippen LogP contribution is -2.53. The van der Waals surface area contributed by atoms with Crippen LogP contribution in [-0.2, 0) is 4.74 Å². The van der Waals surface area contributed by atoms with Crippen LogP contribution >= 0.6 is 0 Å². The second-order valence-corrected chi connectivity index (χ2v) is 8.76. The maximum atomic E-state index is 15.2. The van der Waals surface area contributed by atoms with Crippen LogP contribution in [0.25, 0.3) is 22.4 Å². The second kappa shape index (κ2) is 8.83. The topological polar surface area (TPSA) is 85.5 Å². The number of pyridine rings is 1. The third kappa shape index (κ3) is 4.13. The van der Waals surface area contributed by atoms with Crippen molar-refractivity contribution in [1.82, 2.24) is 20.4 Å². The molecule has 2 aliphatic heterocycles. The van der Waals surface area contributed by atoms with Gasteiger partial charge in [0.05, 0.1) is 32.4 Å². The average Bonchev–Trinajstić information content (AvgIpc) is 3.19. The number of aromatic nitrogens is 3. The Labute approximate surface area is 190 Å². The first-order chi connectivity index (χ1) is 15.9. The molecule has 0 unspecified atom stereocenters. The predicted octanol–water partition coefficient (Wildman–Crippen LogP) is 3.20. The molecule has 2 saturated heterocycles. The van der Waals surface area contributed by atoms with E-state index in [1.165, 1.54) is 13.2 Å². The summed E-state index contributed by atoms with van der Waals surface area (Å²) in [7, 11) is 1.48. The highest BCUT2D eigenvalue weighted by molar-refractivity contribution is 5.93. The summed E-state index contributed by atoms with van der Waals surface area (Å²) in [6.07, 6.45) is -0.503. The molecule has 0 saturated carbocycles. The maximum Gasteiger partial charge on any atom is 0.261 e. The Balaban J connectivity index is 1.52. The lowest BCUT2D eigenvalue weighted by molar-refractivity contribution is -0.0329. The molecule has 10 heteroatoms. The fourth-order valence-corrected chi connectivity index (χ4v) is 4.49. The van der Waals surface area contributed by atoms with Crippen LogP contribution in [0.15, 0.2) is 16.7 Å². The van der Waals surface area contributed by atoms with E-state index in [2.05, 4.69) is 20.4 Å². The van der Waals surface area contributed by atoms with Crippen LogP contribution in [0.5, 0.6) is 5.75 Å². The molecular formula is C23H27F2N5O3. The number of fused-ring (bicyclic) bond motifs is 1. The van der Waals surface area contributed by atoms with Crippen molar-refractivity contribution in [3.8, 4) is 17.2 Å². The minimum Gasteiger partial charge on any atom is -0.497 e. The van der Waals surface area contributed by atoms with Gasteiger partial charge in [-0.05, 0) is 31.9 Å². The fraction of sp³-hybridized carbons (Fsp3) is 0.522. The smallest absolute Gasteiger partial charge is 0.261 e. The Morgan fingerprint density at radius 1 is 1.24 bits per heavy atom. The molecule has 0 radical (unpaired) electrons. The average molecular weight is 459 g/mol. The number of halogens is 2. The third-order valence-corrected chi connectivity index (χ3v) is 6.45. The van der Waals surface area contributed by atoms with Gasteiger partial charge < -0.3 is 24.2 Å². The molecule has 5 rings (SSSR count). The summed E-state index contributed by atoms with van der Waals surface area (Å²) in [5.74, 6) is 1.53. The summed E-state index contributed by atoms with van der Waals surface area (Å²) >= 11 is 0. The summed E-state index contributed by atoms with van der Waals surface area (Å²) in [4.78, 5) is 10.9. The number of alkyl halides is 1. The number of hydrogen-bond donors (Lipinski definition) is 1. The molecule has 4 heterocycles. The van der Waals surface area contributed by atoms with Crippen molar-refractivity contribution in [2.75, 3.05) is 44.9 Å². The van der Waals surface area contributed by atoms with Gasteiger partial charge in [-0.1, -0.05) is 5.16 Å². The molecule has 0 spiro atoms. The number of benzene rings is 1. The first-order valence-corrected chi connectivity index (χ1v) is 11.1. The van der Waals surface area contributed by atoms with Gasteiger partial charge in [-0.3, -0.25) is 0 Å². The number of nitrogens with one attached hydrogen (secondary N) is 1. The van der Waals surface area contributed by atoms with Crippen molar-refractivity contribution >= 4 is 16.7 Å². The van der Waals surface area contributed by atoms with Crippen molar-refractivity contribution in [2.24, 2.45) is 5.92 Å². The summed E-state index contributed by atoms with van der Waals surface area (Å²) in [5.41, 5.74) is 1.50. The number of rotatable bonds is 6. The van der Waals surface area contributed by atoms with E-state index in [4.69, 9.17) is 14.0 Å². The van der Waals surface area contributed by atoms with E-state index in [1.807, 2.05) is 11.8 Å². The third-order valence-electron chi connectivity index (χ3n) is 6.45. The predicted molar refractivity (Wildman–Crippen MR) is 119 cm³/mol. The number of anilines is 1. The first kappa shape index (κ1) is 22.0. The fourth-order valence-electron chi connectivity index (χ4n) is 4.49. The molecule has 3 aromatic rings. The molecular weight excluding hydrogens is 432 g/mol. The number of methoxy groups -OCH3 is 1. The van der Waals surface area contributed by atoms with Gasteiger partial charge in [0.15, 0.2) is 11.6 Å². The Morgan fingerprint density at radius 2 is 2.06 bits per heavy atom. The van der Waals surface area contributed by atoms with Crippen molar-refractivity contribution < 1.29 is 22.8 Å². The molecule has 0 bridgehead atoms. The highest BCUT2D eigenvalue weighted by Crippen LogP contribution is 2.39. The molecule has 0 aliphatic carbocycles. The quantitative estimate of drug-likeness (QED) is 0.602. The Bertz CT molecular complexity index is 1170. The zero-order valence-electron chi connectivity index (χ0n) is 18.9. The summed E-state index contributed by atoms with van der Waals surface area (Å²) < 4.78 is 46.0. The van der Waals surface area contributed by atoms with Crippen molar-refractivity contribution in [3.63, 3.8) is 0 Å². The molecule has 0 amide bonds. The minimum atomic E-state index is -1.10.